The molecule has 0 rings (SSSR count). The van der Waals surface area contributed by atoms with Gasteiger partial charge in [-0.2, -0.15) is 0 Å². The molecule has 96 valence electrons. The van der Waals surface area contributed by atoms with Crippen molar-refractivity contribution in [3.05, 3.63) is 0 Å². The van der Waals surface area contributed by atoms with Crippen LogP contribution in [-0.2, 0) is 4.74 Å². The fourth-order valence-electron chi connectivity index (χ4n) is 1.05. The van der Waals surface area contributed by atoms with Crippen molar-refractivity contribution in [2.45, 2.75) is 51.7 Å². The average Bonchev–Trinajstić information content (AvgIpc) is 1.98. The van der Waals surface area contributed by atoms with Gasteiger partial charge in [-0.15, -0.1) is 0 Å². The molecule has 0 aromatic carbocycles. The molecule has 0 radical (unpaired) electrons. The molecular formula is C10H19F2NO3. The second kappa shape index (κ2) is 5.43. The van der Waals surface area contributed by atoms with E-state index in [1.54, 1.807) is 20.8 Å². The molecule has 0 aliphatic rings. The summed E-state index contributed by atoms with van der Waals surface area (Å²) in [5.41, 5.74) is -2.07. The molecular weight excluding hydrogens is 220 g/mol. The number of alkyl carbamates (subject to hydrolysis) is 1. The number of aliphatic hydroxyl groups excluding tert-OH is 1. The molecule has 0 unspecified atom stereocenters. The van der Waals surface area contributed by atoms with Crippen molar-refractivity contribution in [2.24, 2.45) is 0 Å². The predicted molar refractivity (Wildman–Crippen MR) is 55.5 cm³/mol. The van der Waals surface area contributed by atoms with Gasteiger partial charge in [-0.1, -0.05) is 0 Å². The summed E-state index contributed by atoms with van der Waals surface area (Å²) in [6.45, 7) is 5.75. The fraction of sp³-hybridized carbons (Fsp3) is 0.900. The second-order valence-corrected chi connectivity index (χ2v) is 4.94. The quantitative estimate of drug-likeness (QED) is 0.788. The lowest BCUT2D eigenvalue weighted by atomic mass is 10.00. The fourth-order valence-corrected chi connectivity index (χ4v) is 1.05. The first-order chi connectivity index (χ1) is 7.08. The Labute approximate surface area is 94.0 Å². The highest BCUT2D eigenvalue weighted by molar-refractivity contribution is 5.68. The van der Waals surface area contributed by atoms with Crippen LogP contribution in [0.1, 0.15) is 34.1 Å². The molecule has 0 saturated heterocycles. The van der Waals surface area contributed by atoms with Crippen molar-refractivity contribution in [1.82, 2.24) is 5.32 Å². The zero-order valence-electron chi connectivity index (χ0n) is 10.0. The maximum Gasteiger partial charge on any atom is 0.408 e. The Bertz CT molecular complexity index is 241. The van der Waals surface area contributed by atoms with Gasteiger partial charge in [0, 0.05) is 6.42 Å². The number of carbonyl (C=O) groups excluding carboxylic acids is 1. The monoisotopic (exact) mass is 239 g/mol. The highest BCUT2D eigenvalue weighted by atomic mass is 19.3. The SMILES string of the molecule is CC(C)(C)OC(=O)N[C@@](C)(CO)CC(F)F. The van der Waals surface area contributed by atoms with E-state index < -0.39 is 36.7 Å². The highest BCUT2D eigenvalue weighted by Crippen LogP contribution is 2.16. The van der Waals surface area contributed by atoms with Gasteiger partial charge < -0.3 is 15.2 Å². The van der Waals surface area contributed by atoms with Crippen LogP contribution in [-0.4, -0.2) is 35.4 Å². The summed E-state index contributed by atoms with van der Waals surface area (Å²) in [4.78, 5) is 11.3. The molecule has 2 N–H and O–H groups in total. The summed E-state index contributed by atoms with van der Waals surface area (Å²) < 4.78 is 29.3. The first kappa shape index (κ1) is 15.1. The van der Waals surface area contributed by atoms with Gasteiger partial charge >= 0.3 is 6.09 Å². The van der Waals surface area contributed by atoms with Crippen LogP contribution in [0.2, 0.25) is 0 Å². The number of rotatable bonds is 4. The van der Waals surface area contributed by atoms with Crippen LogP contribution in [0.4, 0.5) is 13.6 Å². The molecule has 16 heavy (non-hydrogen) atoms. The Morgan fingerprint density at radius 1 is 1.38 bits per heavy atom. The third kappa shape index (κ3) is 6.55. The predicted octanol–water partition coefficient (Wildman–Crippen LogP) is 1.92. The van der Waals surface area contributed by atoms with Crippen LogP contribution in [0, 0.1) is 0 Å². The van der Waals surface area contributed by atoms with Gasteiger partial charge in [0.1, 0.15) is 5.60 Å². The van der Waals surface area contributed by atoms with Crippen LogP contribution in [0.25, 0.3) is 0 Å². The van der Waals surface area contributed by atoms with Crippen LogP contribution in [0.15, 0.2) is 0 Å². The van der Waals surface area contributed by atoms with Crippen molar-refractivity contribution < 1.29 is 23.4 Å². The van der Waals surface area contributed by atoms with Crippen LogP contribution in [0.3, 0.4) is 0 Å². The third-order valence-electron chi connectivity index (χ3n) is 1.76. The number of aliphatic hydroxyl groups is 1. The van der Waals surface area contributed by atoms with E-state index in [-0.39, 0.29) is 0 Å². The molecule has 0 fully saturated rings. The zero-order valence-corrected chi connectivity index (χ0v) is 10.0. The summed E-state index contributed by atoms with van der Waals surface area (Å²) in [5, 5.41) is 11.2. The van der Waals surface area contributed by atoms with Crippen LogP contribution >= 0.6 is 0 Å². The molecule has 1 amide bonds. The van der Waals surface area contributed by atoms with E-state index in [2.05, 4.69) is 5.32 Å². The number of nitrogens with one attached hydrogen (secondary N) is 1. The Hall–Kier alpha value is -0.910. The summed E-state index contributed by atoms with van der Waals surface area (Å²) in [6.07, 6.45) is -4.04. The Balaban J connectivity index is 4.37. The maximum absolute atomic E-state index is 12.2. The smallest absolute Gasteiger partial charge is 0.408 e. The van der Waals surface area contributed by atoms with Gasteiger partial charge in [0.25, 0.3) is 0 Å². The highest BCUT2D eigenvalue weighted by Gasteiger charge is 2.31. The van der Waals surface area contributed by atoms with Crippen molar-refractivity contribution in [2.75, 3.05) is 6.61 Å². The molecule has 0 bridgehead atoms. The van der Waals surface area contributed by atoms with E-state index in [9.17, 15) is 13.6 Å². The summed E-state index contributed by atoms with van der Waals surface area (Å²) in [6, 6.07) is 0. The molecule has 6 heteroatoms. The minimum atomic E-state index is -2.60. The molecule has 0 saturated carbocycles. The van der Waals surface area contributed by atoms with Gasteiger partial charge in [-0.25, -0.2) is 13.6 Å². The molecule has 4 nitrogen and oxygen atoms in total. The second-order valence-electron chi connectivity index (χ2n) is 4.94. The lowest BCUT2D eigenvalue weighted by Gasteiger charge is -2.30. The number of ether oxygens (including phenoxy) is 1. The van der Waals surface area contributed by atoms with E-state index >= 15 is 0 Å². The first-order valence-electron chi connectivity index (χ1n) is 4.98. The first-order valence-corrected chi connectivity index (χ1v) is 4.98. The van der Waals surface area contributed by atoms with E-state index in [4.69, 9.17) is 9.84 Å². The topological polar surface area (TPSA) is 58.6 Å². The normalized spacial score (nSPS) is 15.8. The van der Waals surface area contributed by atoms with Crippen molar-refractivity contribution >= 4 is 6.09 Å². The Kier molecular flexibility index (Phi) is 5.12. The van der Waals surface area contributed by atoms with E-state index in [0.717, 1.165) is 0 Å². The number of halogens is 2. The minimum absolute atomic E-state index is 0.573. The number of hydrogen-bond acceptors (Lipinski definition) is 3. The minimum Gasteiger partial charge on any atom is -0.444 e. The van der Waals surface area contributed by atoms with Gasteiger partial charge in [0.15, 0.2) is 0 Å². The lowest BCUT2D eigenvalue weighted by molar-refractivity contribution is 0.0290. The zero-order chi connectivity index (χ0) is 13.0. The van der Waals surface area contributed by atoms with Crippen LogP contribution < -0.4 is 5.32 Å². The number of carbonyl (C=O) groups is 1. The molecule has 0 spiro atoms. The molecule has 0 heterocycles. The Morgan fingerprint density at radius 2 is 1.88 bits per heavy atom. The van der Waals surface area contributed by atoms with Crippen LogP contribution in [0.5, 0.6) is 0 Å². The molecule has 0 aromatic rings. The van der Waals surface area contributed by atoms with Crippen molar-refractivity contribution in [3.63, 3.8) is 0 Å². The number of amides is 1. The number of hydrogen-bond donors (Lipinski definition) is 2. The van der Waals surface area contributed by atoms with Crippen molar-refractivity contribution in [3.8, 4) is 0 Å². The van der Waals surface area contributed by atoms with E-state index in [1.165, 1.54) is 6.92 Å². The lowest BCUT2D eigenvalue weighted by Crippen LogP contribution is -2.51. The van der Waals surface area contributed by atoms with Crippen molar-refractivity contribution in [1.29, 1.82) is 0 Å². The molecule has 0 aliphatic carbocycles. The van der Waals surface area contributed by atoms with E-state index in [1.807, 2.05) is 0 Å². The third-order valence-corrected chi connectivity index (χ3v) is 1.76. The van der Waals surface area contributed by atoms with Gasteiger partial charge in [0.05, 0.1) is 12.1 Å². The summed E-state index contributed by atoms with van der Waals surface area (Å²) >= 11 is 0. The van der Waals surface area contributed by atoms with E-state index in [0.29, 0.717) is 0 Å². The largest absolute Gasteiger partial charge is 0.444 e. The average molecular weight is 239 g/mol. The standard InChI is InChI=1S/C10H19F2NO3/c1-9(2,3)16-8(15)13-10(4,6-14)5-7(11)12/h7,14H,5-6H2,1-4H3,(H,13,15)/t10-/m1/s1. The van der Waals surface area contributed by atoms with Gasteiger partial charge in [0.2, 0.25) is 6.43 Å². The maximum atomic E-state index is 12.2. The molecule has 0 aliphatic heterocycles. The molecule has 1 atom stereocenters. The summed E-state index contributed by atoms with van der Waals surface area (Å²) in [7, 11) is 0. The Morgan fingerprint density at radius 3 is 2.19 bits per heavy atom. The number of alkyl halides is 2. The van der Waals surface area contributed by atoms with Gasteiger partial charge in [-0.3, -0.25) is 0 Å². The summed E-state index contributed by atoms with van der Waals surface area (Å²) in [5.74, 6) is 0. The molecule has 0 aromatic heterocycles. The van der Waals surface area contributed by atoms with Gasteiger partial charge in [-0.05, 0) is 27.7 Å².